The average Bonchev–Trinajstić information content (AvgIpc) is 3.27. The molecule has 2 aliphatic carbocycles. The molecule has 0 aromatic carbocycles. The number of imide groups is 1. The van der Waals surface area contributed by atoms with Crippen molar-refractivity contribution in [3.8, 4) is 0 Å². The molecule has 2 heterocycles. The molecule has 1 N–H and O–H groups in total. The van der Waals surface area contributed by atoms with Crippen molar-refractivity contribution in [2.75, 3.05) is 0 Å². The molecule has 21 heavy (non-hydrogen) atoms. The Morgan fingerprint density at radius 2 is 1.81 bits per heavy atom. The summed E-state index contributed by atoms with van der Waals surface area (Å²) >= 11 is 0. The van der Waals surface area contributed by atoms with Crippen molar-refractivity contribution in [3.05, 3.63) is 23.7 Å². The highest BCUT2D eigenvalue weighted by Gasteiger charge is 2.72. The van der Waals surface area contributed by atoms with Gasteiger partial charge in [-0.3, -0.25) is 14.5 Å². The summed E-state index contributed by atoms with van der Waals surface area (Å²) in [6, 6.07) is 4.41. The topological polar surface area (TPSA) is 62.6 Å². The number of nitrogens with zero attached hydrogens (tertiary/aromatic N) is 1. The molecule has 1 aromatic rings. The Kier molecular flexibility index (Phi) is 2.61. The second kappa shape index (κ2) is 4.19. The second-order valence-corrected chi connectivity index (χ2v) is 7.06. The quantitative estimate of drug-likeness (QED) is 0.837. The van der Waals surface area contributed by atoms with Gasteiger partial charge in [0, 0.05) is 6.04 Å². The molecule has 2 amide bonds. The Morgan fingerprint density at radius 3 is 2.43 bits per heavy atom. The van der Waals surface area contributed by atoms with Crippen LogP contribution < -0.4 is 5.32 Å². The molecule has 112 valence electrons. The molecule has 5 heteroatoms. The van der Waals surface area contributed by atoms with Crippen LogP contribution in [-0.2, 0) is 22.7 Å². The maximum atomic E-state index is 12.3. The molecule has 1 saturated heterocycles. The lowest BCUT2D eigenvalue weighted by Crippen LogP contribution is -2.35. The molecule has 5 nitrogen and oxygen atoms in total. The minimum atomic E-state index is -0.146. The van der Waals surface area contributed by atoms with Crippen LogP contribution in [0.3, 0.4) is 0 Å². The monoisotopic (exact) mass is 288 g/mol. The van der Waals surface area contributed by atoms with Gasteiger partial charge in [-0.2, -0.15) is 0 Å². The van der Waals surface area contributed by atoms with Crippen molar-refractivity contribution in [3.63, 3.8) is 0 Å². The second-order valence-electron chi connectivity index (χ2n) is 7.06. The van der Waals surface area contributed by atoms with E-state index in [0.717, 1.165) is 5.76 Å². The van der Waals surface area contributed by atoms with E-state index < -0.39 is 0 Å². The molecule has 1 aromatic heterocycles. The van der Waals surface area contributed by atoms with Gasteiger partial charge >= 0.3 is 0 Å². The van der Waals surface area contributed by atoms with Crippen LogP contribution in [0.2, 0.25) is 0 Å². The van der Waals surface area contributed by atoms with Gasteiger partial charge < -0.3 is 9.73 Å². The Morgan fingerprint density at radius 1 is 1.19 bits per heavy atom. The summed E-state index contributed by atoms with van der Waals surface area (Å²) in [5, 5.41) is 3.38. The number of carbonyl (C=O) groups excluding carboxylic acids is 2. The maximum absolute atomic E-state index is 12.3. The summed E-state index contributed by atoms with van der Waals surface area (Å²) in [7, 11) is 0. The number of hydrogen-bond acceptors (Lipinski definition) is 4. The predicted octanol–water partition coefficient (Wildman–Crippen LogP) is 1.67. The van der Waals surface area contributed by atoms with Crippen LogP contribution in [0.25, 0.3) is 0 Å². The third-order valence-corrected chi connectivity index (χ3v) is 5.07. The van der Waals surface area contributed by atoms with Crippen LogP contribution in [-0.4, -0.2) is 22.8 Å². The Balaban J connectivity index is 1.40. The summed E-state index contributed by atoms with van der Waals surface area (Å²) in [4.78, 5) is 25.9. The van der Waals surface area contributed by atoms with Crippen molar-refractivity contribution in [2.24, 2.45) is 17.3 Å². The van der Waals surface area contributed by atoms with Crippen LogP contribution in [0.5, 0.6) is 0 Å². The van der Waals surface area contributed by atoms with Crippen molar-refractivity contribution in [1.82, 2.24) is 10.2 Å². The first-order chi connectivity index (χ1) is 9.98. The summed E-state index contributed by atoms with van der Waals surface area (Å²) in [5.74, 6) is 1.24. The van der Waals surface area contributed by atoms with Gasteiger partial charge in [0.2, 0.25) is 11.8 Å². The van der Waals surface area contributed by atoms with Crippen LogP contribution in [0.1, 0.15) is 38.2 Å². The third kappa shape index (κ3) is 2.02. The number of fused-ring (bicyclic) bond motifs is 1. The molecule has 1 aliphatic heterocycles. The van der Waals surface area contributed by atoms with E-state index in [4.69, 9.17) is 4.42 Å². The van der Waals surface area contributed by atoms with Gasteiger partial charge in [-0.15, -0.1) is 0 Å². The lowest BCUT2D eigenvalue weighted by Gasteiger charge is -2.19. The van der Waals surface area contributed by atoms with E-state index >= 15 is 0 Å². The zero-order valence-electron chi connectivity index (χ0n) is 12.4. The highest BCUT2D eigenvalue weighted by atomic mass is 16.3. The predicted molar refractivity (Wildman–Crippen MR) is 74.9 cm³/mol. The van der Waals surface area contributed by atoms with Gasteiger partial charge in [0.15, 0.2) is 0 Å². The van der Waals surface area contributed by atoms with E-state index in [1.165, 1.54) is 17.7 Å². The first-order valence-electron chi connectivity index (χ1n) is 7.64. The van der Waals surface area contributed by atoms with E-state index in [1.807, 2.05) is 26.0 Å². The van der Waals surface area contributed by atoms with Crippen LogP contribution in [0.15, 0.2) is 16.5 Å². The van der Waals surface area contributed by atoms with E-state index in [1.54, 1.807) is 0 Å². The van der Waals surface area contributed by atoms with Gasteiger partial charge in [-0.25, -0.2) is 0 Å². The zero-order valence-corrected chi connectivity index (χ0v) is 12.4. The molecule has 0 bridgehead atoms. The number of hydrogen-bond donors (Lipinski definition) is 1. The lowest BCUT2D eigenvalue weighted by molar-refractivity contribution is -0.144. The molecule has 2 saturated carbocycles. The van der Waals surface area contributed by atoms with E-state index in [0.29, 0.717) is 18.3 Å². The largest absolute Gasteiger partial charge is 0.463 e. The van der Waals surface area contributed by atoms with Crippen LogP contribution in [0, 0.1) is 17.3 Å². The fraction of sp³-hybridized carbons (Fsp3) is 0.625. The normalized spacial score (nSPS) is 29.9. The van der Waals surface area contributed by atoms with Crippen molar-refractivity contribution in [1.29, 1.82) is 0 Å². The zero-order chi connectivity index (χ0) is 14.8. The number of nitrogens with one attached hydrogen (secondary N) is 1. The van der Waals surface area contributed by atoms with Crippen molar-refractivity contribution in [2.45, 2.75) is 45.8 Å². The molecule has 4 rings (SSSR count). The van der Waals surface area contributed by atoms with E-state index in [-0.39, 0.29) is 35.6 Å². The Labute approximate surface area is 123 Å². The minimum Gasteiger partial charge on any atom is -0.463 e. The standard InChI is InChI=1S/C16H20N2O3/c1-16(2)12-13(16)15(20)18(14(12)19)8-11-6-5-10(21-11)7-17-9-3-4-9/h5-6,9,12-13,17H,3-4,7-8H2,1-2H3. The van der Waals surface area contributed by atoms with Gasteiger partial charge in [0.05, 0.1) is 24.9 Å². The summed E-state index contributed by atoms with van der Waals surface area (Å²) in [5.41, 5.74) is -0.146. The number of furan rings is 1. The molecule has 0 spiro atoms. The molecular weight excluding hydrogens is 268 g/mol. The van der Waals surface area contributed by atoms with Gasteiger partial charge in [0.25, 0.3) is 0 Å². The number of carbonyl (C=O) groups is 2. The fourth-order valence-electron chi connectivity index (χ4n) is 3.45. The molecule has 0 radical (unpaired) electrons. The summed E-state index contributed by atoms with van der Waals surface area (Å²) < 4.78 is 5.71. The lowest BCUT2D eigenvalue weighted by atomic mass is 10.1. The van der Waals surface area contributed by atoms with E-state index in [2.05, 4.69) is 5.32 Å². The molecule has 2 unspecified atom stereocenters. The Bertz CT molecular complexity index is 591. The Hall–Kier alpha value is -1.62. The summed E-state index contributed by atoms with van der Waals surface area (Å²) in [6.07, 6.45) is 2.48. The van der Waals surface area contributed by atoms with E-state index in [9.17, 15) is 9.59 Å². The molecule has 3 fully saturated rings. The number of amides is 2. The minimum absolute atomic E-state index is 0.0379. The smallest absolute Gasteiger partial charge is 0.234 e. The number of piperidine rings is 1. The first-order valence-corrected chi connectivity index (χ1v) is 7.64. The SMILES string of the molecule is CC1(C)C2C(=O)N(Cc3ccc(CNC4CC4)o3)C(=O)C21. The van der Waals surface area contributed by atoms with Crippen LogP contribution in [0.4, 0.5) is 0 Å². The number of likely N-dealkylation sites (tertiary alicyclic amines) is 1. The maximum Gasteiger partial charge on any atom is 0.234 e. The molecular formula is C16H20N2O3. The highest BCUT2D eigenvalue weighted by molar-refractivity contribution is 6.10. The van der Waals surface area contributed by atoms with Gasteiger partial charge in [-0.05, 0) is 30.4 Å². The highest BCUT2D eigenvalue weighted by Crippen LogP contribution is 2.63. The van der Waals surface area contributed by atoms with Crippen molar-refractivity contribution >= 4 is 11.8 Å². The summed E-state index contributed by atoms with van der Waals surface area (Å²) in [6.45, 7) is 4.96. The number of rotatable bonds is 5. The third-order valence-electron chi connectivity index (χ3n) is 5.07. The van der Waals surface area contributed by atoms with Gasteiger partial charge in [-0.1, -0.05) is 13.8 Å². The fourth-order valence-corrected chi connectivity index (χ4v) is 3.45. The first kappa shape index (κ1) is 13.1. The van der Waals surface area contributed by atoms with Crippen LogP contribution >= 0.6 is 0 Å². The molecule has 3 aliphatic rings. The van der Waals surface area contributed by atoms with Gasteiger partial charge in [0.1, 0.15) is 11.5 Å². The average molecular weight is 288 g/mol. The molecule has 2 atom stereocenters. The van der Waals surface area contributed by atoms with Crippen molar-refractivity contribution < 1.29 is 14.0 Å².